The molecule has 3 aromatic heterocycles. The number of aromatic nitrogens is 6. The standard InChI is InChI=1S/C15H12N6O4/c1-3-24-14(23)11-13(22)19-21-10-6-8(12-16-7(2)25-20-12)4-5-9(10)17-15(21)18-11/h4-6H,3H2,1-2H3,(H,19,22). The zero-order chi connectivity index (χ0) is 17.6. The highest BCUT2D eigenvalue weighted by atomic mass is 16.5. The average molecular weight is 340 g/mol. The van der Waals surface area contributed by atoms with E-state index in [0.717, 1.165) is 0 Å². The molecule has 0 fully saturated rings. The van der Waals surface area contributed by atoms with Crippen molar-refractivity contribution in [2.45, 2.75) is 13.8 Å². The van der Waals surface area contributed by atoms with Crippen LogP contribution in [0.2, 0.25) is 0 Å². The Kier molecular flexibility index (Phi) is 3.31. The van der Waals surface area contributed by atoms with Gasteiger partial charge in [-0.1, -0.05) is 5.16 Å². The van der Waals surface area contributed by atoms with E-state index in [2.05, 4.69) is 25.2 Å². The van der Waals surface area contributed by atoms with Gasteiger partial charge in [0.1, 0.15) is 0 Å². The second-order valence-corrected chi connectivity index (χ2v) is 5.21. The molecule has 0 saturated heterocycles. The van der Waals surface area contributed by atoms with Crippen LogP contribution in [-0.4, -0.2) is 42.3 Å². The van der Waals surface area contributed by atoms with Crippen molar-refractivity contribution in [1.82, 2.24) is 29.7 Å². The van der Waals surface area contributed by atoms with Crippen molar-refractivity contribution in [2.75, 3.05) is 6.61 Å². The van der Waals surface area contributed by atoms with Crippen molar-refractivity contribution in [2.24, 2.45) is 0 Å². The quantitative estimate of drug-likeness (QED) is 0.549. The van der Waals surface area contributed by atoms with E-state index in [1.54, 1.807) is 32.0 Å². The van der Waals surface area contributed by atoms with Gasteiger partial charge in [-0.2, -0.15) is 9.97 Å². The van der Waals surface area contributed by atoms with Gasteiger partial charge < -0.3 is 9.26 Å². The number of carbonyl (C=O) groups is 1. The molecule has 4 rings (SSSR count). The third-order valence-corrected chi connectivity index (χ3v) is 3.53. The van der Waals surface area contributed by atoms with Crippen molar-refractivity contribution in [3.8, 4) is 11.4 Å². The minimum atomic E-state index is -0.790. The summed E-state index contributed by atoms with van der Waals surface area (Å²) < 4.78 is 11.2. The Balaban J connectivity index is 1.91. The summed E-state index contributed by atoms with van der Waals surface area (Å²) in [6.07, 6.45) is 0. The topological polar surface area (TPSA) is 128 Å². The Morgan fingerprint density at radius 2 is 2.16 bits per heavy atom. The summed E-state index contributed by atoms with van der Waals surface area (Å²) >= 11 is 0. The molecule has 0 amide bonds. The molecule has 0 unspecified atom stereocenters. The van der Waals surface area contributed by atoms with Gasteiger partial charge in [-0.15, -0.1) is 0 Å². The van der Waals surface area contributed by atoms with Gasteiger partial charge in [0.25, 0.3) is 11.3 Å². The lowest BCUT2D eigenvalue weighted by molar-refractivity contribution is 0.0517. The SMILES string of the molecule is CCOC(=O)c1nc2nc3ccc(-c4noc(C)n4)cc3n2[nH]c1=O. The molecule has 25 heavy (non-hydrogen) atoms. The van der Waals surface area contributed by atoms with E-state index in [-0.39, 0.29) is 18.1 Å². The first-order valence-corrected chi connectivity index (χ1v) is 7.47. The van der Waals surface area contributed by atoms with Gasteiger partial charge in [-0.25, -0.2) is 14.3 Å². The molecule has 0 bridgehead atoms. The van der Waals surface area contributed by atoms with Crippen LogP contribution >= 0.6 is 0 Å². The van der Waals surface area contributed by atoms with E-state index in [0.29, 0.717) is 28.3 Å². The molecule has 0 radical (unpaired) electrons. The van der Waals surface area contributed by atoms with Gasteiger partial charge in [0.15, 0.2) is 0 Å². The van der Waals surface area contributed by atoms with Crippen LogP contribution in [0.5, 0.6) is 0 Å². The summed E-state index contributed by atoms with van der Waals surface area (Å²) in [7, 11) is 0. The molecule has 0 aliphatic carbocycles. The lowest BCUT2D eigenvalue weighted by atomic mass is 10.2. The number of benzene rings is 1. The van der Waals surface area contributed by atoms with Gasteiger partial charge in [-0.3, -0.25) is 9.89 Å². The molecule has 3 heterocycles. The molecule has 4 aromatic rings. The summed E-state index contributed by atoms with van der Waals surface area (Å²) in [5.74, 6) is 0.260. The summed E-state index contributed by atoms with van der Waals surface area (Å²) in [5.41, 5.74) is 0.884. The molecular formula is C15H12N6O4. The predicted molar refractivity (Wildman–Crippen MR) is 85.1 cm³/mol. The van der Waals surface area contributed by atoms with Gasteiger partial charge >= 0.3 is 5.97 Å². The Morgan fingerprint density at radius 1 is 1.32 bits per heavy atom. The minimum absolute atomic E-state index is 0.148. The summed E-state index contributed by atoms with van der Waals surface area (Å²) in [6.45, 7) is 3.49. The zero-order valence-corrected chi connectivity index (χ0v) is 13.3. The number of hydrogen-bond acceptors (Lipinski definition) is 8. The number of ether oxygens (including phenoxy) is 1. The highest BCUT2D eigenvalue weighted by Crippen LogP contribution is 2.22. The number of H-pyrrole nitrogens is 1. The first kappa shape index (κ1) is 15.0. The number of aryl methyl sites for hydroxylation is 1. The monoisotopic (exact) mass is 340 g/mol. The van der Waals surface area contributed by atoms with Crippen LogP contribution in [-0.2, 0) is 4.74 Å². The smallest absolute Gasteiger partial charge is 0.362 e. The Labute approximate surface area is 139 Å². The van der Waals surface area contributed by atoms with Gasteiger partial charge in [0.2, 0.25) is 17.4 Å². The third-order valence-electron chi connectivity index (χ3n) is 3.53. The molecule has 1 aromatic carbocycles. The van der Waals surface area contributed by atoms with Gasteiger partial charge in [0.05, 0.1) is 17.6 Å². The average Bonchev–Trinajstić information content (AvgIpc) is 3.17. The van der Waals surface area contributed by atoms with E-state index in [1.807, 2.05) is 0 Å². The Morgan fingerprint density at radius 3 is 2.88 bits per heavy atom. The maximum atomic E-state index is 12.1. The third kappa shape index (κ3) is 2.43. The van der Waals surface area contributed by atoms with Crippen LogP contribution in [0.3, 0.4) is 0 Å². The number of nitrogens with zero attached hydrogens (tertiary/aromatic N) is 5. The molecule has 10 nitrogen and oxygen atoms in total. The molecule has 10 heteroatoms. The fourth-order valence-electron chi connectivity index (χ4n) is 2.45. The maximum absolute atomic E-state index is 12.1. The molecule has 0 saturated carbocycles. The molecule has 126 valence electrons. The molecule has 0 aliphatic heterocycles. The number of carbonyl (C=O) groups excluding carboxylic acids is 1. The minimum Gasteiger partial charge on any atom is -0.461 e. The Bertz CT molecular complexity index is 1170. The number of nitrogens with one attached hydrogen (secondary N) is 1. The highest BCUT2D eigenvalue weighted by molar-refractivity contribution is 5.88. The zero-order valence-electron chi connectivity index (χ0n) is 13.3. The fraction of sp³-hybridized carbons (Fsp3) is 0.200. The van der Waals surface area contributed by atoms with E-state index in [9.17, 15) is 9.59 Å². The first-order valence-electron chi connectivity index (χ1n) is 7.47. The van der Waals surface area contributed by atoms with Crippen LogP contribution in [0, 0.1) is 6.92 Å². The lowest BCUT2D eigenvalue weighted by Gasteiger charge is -2.01. The van der Waals surface area contributed by atoms with Crippen molar-refractivity contribution in [1.29, 1.82) is 0 Å². The Hall–Kier alpha value is -3.56. The number of fused-ring (bicyclic) bond motifs is 3. The van der Waals surface area contributed by atoms with Gasteiger partial charge in [-0.05, 0) is 25.1 Å². The fourth-order valence-corrected chi connectivity index (χ4v) is 2.45. The second-order valence-electron chi connectivity index (χ2n) is 5.21. The van der Waals surface area contributed by atoms with Crippen LogP contribution in [0.25, 0.3) is 28.2 Å². The lowest BCUT2D eigenvalue weighted by Crippen LogP contribution is -2.24. The number of esters is 1. The number of aromatic amines is 1. The van der Waals surface area contributed by atoms with Crippen molar-refractivity contribution in [3.05, 3.63) is 40.1 Å². The number of rotatable bonds is 3. The number of hydrogen-bond donors (Lipinski definition) is 1. The molecular weight excluding hydrogens is 328 g/mol. The first-order chi connectivity index (χ1) is 12.1. The van der Waals surface area contributed by atoms with Crippen molar-refractivity contribution < 1.29 is 14.1 Å². The molecule has 0 atom stereocenters. The van der Waals surface area contributed by atoms with Crippen LogP contribution in [0.4, 0.5) is 0 Å². The maximum Gasteiger partial charge on any atom is 0.362 e. The van der Waals surface area contributed by atoms with Crippen LogP contribution in [0.15, 0.2) is 27.5 Å². The largest absolute Gasteiger partial charge is 0.461 e. The van der Waals surface area contributed by atoms with Crippen LogP contribution in [0.1, 0.15) is 23.3 Å². The van der Waals surface area contributed by atoms with Crippen molar-refractivity contribution in [3.63, 3.8) is 0 Å². The predicted octanol–water partition coefficient (Wildman–Crippen LogP) is 1.11. The summed E-state index contributed by atoms with van der Waals surface area (Å²) in [4.78, 5) is 36.4. The second kappa shape index (κ2) is 5.51. The summed E-state index contributed by atoms with van der Waals surface area (Å²) in [5, 5.41) is 6.44. The van der Waals surface area contributed by atoms with E-state index >= 15 is 0 Å². The molecule has 1 N–H and O–H groups in total. The van der Waals surface area contributed by atoms with Crippen LogP contribution < -0.4 is 5.56 Å². The van der Waals surface area contributed by atoms with E-state index < -0.39 is 11.5 Å². The normalized spacial score (nSPS) is 11.3. The summed E-state index contributed by atoms with van der Waals surface area (Å²) in [6, 6.07) is 5.28. The van der Waals surface area contributed by atoms with Gasteiger partial charge in [0, 0.05) is 12.5 Å². The molecule has 0 aliphatic rings. The van der Waals surface area contributed by atoms with E-state index in [4.69, 9.17) is 9.26 Å². The highest BCUT2D eigenvalue weighted by Gasteiger charge is 2.18. The molecule has 0 spiro atoms. The van der Waals surface area contributed by atoms with Crippen molar-refractivity contribution >= 4 is 22.8 Å². The number of imidazole rings is 1. The van der Waals surface area contributed by atoms with E-state index in [1.165, 1.54) is 4.52 Å².